The Labute approximate surface area is 184 Å². The third-order valence-electron chi connectivity index (χ3n) is 3.95. The third-order valence-corrected chi connectivity index (χ3v) is 3.95. The van der Waals surface area contributed by atoms with Gasteiger partial charge in [0.25, 0.3) is 5.91 Å². The van der Waals surface area contributed by atoms with Gasteiger partial charge in [-0.05, 0) is 29.0 Å². The molecule has 33 heavy (non-hydrogen) atoms. The molecule has 2 heterocycles. The number of aromatic hydroxyl groups is 1. The number of cyclic esters (lactones) is 2. The number of nitrogens with zero attached hydrogens (tertiary/aromatic N) is 8. The van der Waals surface area contributed by atoms with Crippen LogP contribution in [-0.2, 0) is 19.1 Å². The molecule has 176 valence electrons. The molecule has 0 spiro atoms. The lowest BCUT2D eigenvalue weighted by Crippen LogP contribution is -2.46. The third kappa shape index (κ3) is 7.31. The van der Waals surface area contributed by atoms with E-state index in [4.69, 9.17) is 19.8 Å². The topological polar surface area (TPSA) is 255 Å². The number of aromatic nitrogens is 1. The molecule has 0 bridgehead atoms. The van der Waals surface area contributed by atoms with Crippen LogP contribution in [0.4, 0.5) is 0 Å². The molecule has 0 aromatic carbocycles. The fourth-order valence-corrected chi connectivity index (χ4v) is 2.48. The molecule has 1 fully saturated rings. The monoisotopic (exact) mass is 466 g/mol. The highest BCUT2D eigenvalue weighted by molar-refractivity contribution is 5.98. The summed E-state index contributed by atoms with van der Waals surface area (Å²) < 4.78 is 10.2. The number of hydrogen-bond donors (Lipinski definition) is 4. The van der Waals surface area contributed by atoms with E-state index in [0.29, 0.717) is 0 Å². The van der Waals surface area contributed by atoms with Gasteiger partial charge in [0.05, 0.1) is 23.9 Å². The second kappa shape index (κ2) is 12.4. The number of nitrogens with one attached hydrogen (secondary N) is 2. The van der Waals surface area contributed by atoms with Gasteiger partial charge in [-0.3, -0.25) is 9.59 Å². The van der Waals surface area contributed by atoms with E-state index in [-0.39, 0.29) is 12.2 Å². The molecule has 18 heteroatoms. The van der Waals surface area contributed by atoms with E-state index >= 15 is 0 Å². The van der Waals surface area contributed by atoms with Crippen molar-refractivity contribution in [3.63, 3.8) is 0 Å². The summed E-state index contributed by atoms with van der Waals surface area (Å²) in [4.78, 5) is 45.4. The second-order valence-electron chi connectivity index (χ2n) is 6.25. The molecule has 1 aliphatic heterocycles. The quantitative estimate of drug-likeness (QED) is 0.239. The smallest absolute Gasteiger partial charge is 0.332 e. The number of carbonyl (C=O) groups is 3. The highest BCUT2D eigenvalue weighted by Gasteiger charge is 2.33. The molecular formula is C15H18N10O8. The van der Waals surface area contributed by atoms with E-state index in [1.165, 1.54) is 6.92 Å². The van der Waals surface area contributed by atoms with Gasteiger partial charge in [-0.1, -0.05) is 0 Å². The summed E-state index contributed by atoms with van der Waals surface area (Å²) in [6.07, 6.45) is 0.411. The lowest BCUT2D eigenvalue weighted by Gasteiger charge is -2.18. The van der Waals surface area contributed by atoms with E-state index in [0.717, 1.165) is 12.3 Å². The standard InChI is InChI=1S/C15H18N10O8/c1-7-4-8(5-26)14(29)31-6-9(15(30)32-7)18-13(28)11-12(27)10(2-3-17-11)33-25-24-23-22-21-20-19-16/h2-3,7-9,16,26-27H,4-6H2,1H3,(H,18,28). The van der Waals surface area contributed by atoms with Crippen LogP contribution in [0.2, 0.25) is 0 Å². The van der Waals surface area contributed by atoms with E-state index in [9.17, 15) is 24.6 Å². The van der Waals surface area contributed by atoms with Gasteiger partial charge < -0.3 is 29.8 Å². The number of ether oxygens (including phenoxy) is 2. The Morgan fingerprint density at radius 1 is 1.27 bits per heavy atom. The van der Waals surface area contributed by atoms with Crippen molar-refractivity contribution >= 4 is 17.8 Å². The zero-order chi connectivity index (χ0) is 24.2. The van der Waals surface area contributed by atoms with Crippen LogP contribution in [0.15, 0.2) is 48.9 Å². The molecule has 1 aromatic rings. The normalized spacial score (nSPS) is 21.8. The average molecular weight is 466 g/mol. The molecule has 18 nitrogen and oxygen atoms in total. The molecule has 1 amide bonds. The Bertz CT molecular complexity index is 968. The van der Waals surface area contributed by atoms with Crippen LogP contribution < -0.4 is 10.2 Å². The lowest BCUT2D eigenvalue weighted by molar-refractivity contribution is -0.152. The first-order valence-corrected chi connectivity index (χ1v) is 9.08. The van der Waals surface area contributed by atoms with Crippen molar-refractivity contribution in [2.75, 3.05) is 13.2 Å². The fourth-order valence-electron chi connectivity index (χ4n) is 2.48. The maximum Gasteiger partial charge on any atom is 0.332 e. The van der Waals surface area contributed by atoms with Gasteiger partial charge >= 0.3 is 11.9 Å². The van der Waals surface area contributed by atoms with Crippen LogP contribution in [-0.4, -0.2) is 58.4 Å². The largest absolute Gasteiger partial charge is 0.503 e. The lowest BCUT2D eigenvalue weighted by atomic mass is 10.0. The molecule has 1 saturated heterocycles. The molecule has 0 radical (unpaired) electrons. The summed E-state index contributed by atoms with van der Waals surface area (Å²) in [6, 6.07) is -0.259. The molecule has 2 rings (SSSR count). The van der Waals surface area contributed by atoms with E-state index < -0.39 is 60.6 Å². The van der Waals surface area contributed by atoms with Gasteiger partial charge in [0.2, 0.25) is 5.75 Å². The maximum atomic E-state index is 12.6. The Kier molecular flexibility index (Phi) is 9.31. The van der Waals surface area contributed by atoms with Crippen LogP contribution >= 0.6 is 0 Å². The number of rotatable bonds is 8. The minimum Gasteiger partial charge on any atom is -0.503 e. The Hall–Kier alpha value is -4.48. The zero-order valence-electron chi connectivity index (χ0n) is 16.9. The van der Waals surface area contributed by atoms with Crippen molar-refractivity contribution in [2.24, 2.45) is 42.5 Å². The molecule has 3 unspecified atom stereocenters. The second-order valence-corrected chi connectivity index (χ2v) is 6.25. The Balaban J connectivity index is 2.09. The van der Waals surface area contributed by atoms with E-state index in [1.54, 1.807) is 0 Å². The Morgan fingerprint density at radius 3 is 2.73 bits per heavy atom. The van der Waals surface area contributed by atoms with Gasteiger partial charge in [0.1, 0.15) is 6.61 Å². The van der Waals surface area contributed by atoms with Crippen LogP contribution in [0.1, 0.15) is 23.8 Å². The molecule has 1 aliphatic rings. The van der Waals surface area contributed by atoms with E-state index in [1.807, 2.05) is 0 Å². The van der Waals surface area contributed by atoms with Gasteiger partial charge in [-0.15, -0.1) is 0 Å². The van der Waals surface area contributed by atoms with Gasteiger partial charge in [-0.25, -0.2) is 9.78 Å². The molecule has 3 atom stereocenters. The van der Waals surface area contributed by atoms with Gasteiger partial charge in [-0.2, -0.15) is 5.53 Å². The average Bonchev–Trinajstić information content (AvgIpc) is 2.84. The molecular weight excluding hydrogens is 448 g/mol. The number of aliphatic hydroxyl groups is 1. The number of pyridine rings is 1. The summed E-state index contributed by atoms with van der Waals surface area (Å²) >= 11 is 0. The van der Waals surface area contributed by atoms with Crippen LogP contribution in [0.3, 0.4) is 0 Å². The summed E-state index contributed by atoms with van der Waals surface area (Å²) in [5.41, 5.74) is 5.78. The predicted molar refractivity (Wildman–Crippen MR) is 99.2 cm³/mol. The van der Waals surface area contributed by atoms with E-state index in [2.05, 4.69) is 46.9 Å². The van der Waals surface area contributed by atoms with Crippen molar-refractivity contribution < 1.29 is 38.9 Å². The summed E-state index contributed by atoms with van der Waals surface area (Å²) in [6.45, 7) is 0.466. The number of amides is 1. The van der Waals surface area contributed by atoms with Crippen molar-refractivity contribution in [3.8, 4) is 11.5 Å². The van der Waals surface area contributed by atoms with Crippen molar-refractivity contribution in [1.82, 2.24) is 10.3 Å². The minimum atomic E-state index is -1.41. The summed E-state index contributed by atoms with van der Waals surface area (Å²) in [5, 5.41) is 42.2. The first-order chi connectivity index (χ1) is 15.9. The van der Waals surface area contributed by atoms with Crippen molar-refractivity contribution in [3.05, 3.63) is 18.0 Å². The van der Waals surface area contributed by atoms with Crippen molar-refractivity contribution in [2.45, 2.75) is 25.5 Å². The van der Waals surface area contributed by atoms with Gasteiger partial charge in [0, 0.05) is 27.9 Å². The number of carbonyl (C=O) groups excluding carboxylic acids is 3. The summed E-state index contributed by atoms with van der Waals surface area (Å²) in [7, 11) is 0. The van der Waals surface area contributed by atoms with Crippen LogP contribution in [0, 0.1) is 11.4 Å². The molecule has 0 aliphatic carbocycles. The van der Waals surface area contributed by atoms with Gasteiger partial charge in [0.15, 0.2) is 17.5 Å². The first kappa shape index (κ1) is 24.8. The molecule has 1 aromatic heterocycles. The fraction of sp³-hybridized carbons (Fsp3) is 0.467. The molecule has 4 N–H and O–H groups in total. The zero-order valence-corrected chi connectivity index (χ0v) is 16.9. The van der Waals surface area contributed by atoms with Crippen LogP contribution in [0.25, 0.3) is 0 Å². The highest BCUT2D eigenvalue weighted by Crippen LogP contribution is 2.28. The molecule has 0 saturated carbocycles. The number of hydrogen-bond acceptors (Lipinski definition) is 11. The minimum absolute atomic E-state index is 0.0417. The SMILES string of the molecule is CC1CC(CO)C(=O)OCC(NC(=O)c2nccc(ON=NN=NN=NN=N)c2O)C(=O)O1. The number of esters is 2. The summed E-state index contributed by atoms with van der Waals surface area (Å²) in [5.74, 6) is -4.63. The number of aliphatic hydroxyl groups excluding tert-OH is 1. The predicted octanol–water partition coefficient (Wildman–Crippen LogP) is 0.799. The van der Waals surface area contributed by atoms with Crippen LogP contribution in [0.5, 0.6) is 11.5 Å². The first-order valence-electron chi connectivity index (χ1n) is 9.08. The van der Waals surface area contributed by atoms with Crippen molar-refractivity contribution in [1.29, 1.82) is 5.53 Å². The highest BCUT2D eigenvalue weighted by atomic mass is 16.6. The Morgan fingerprint density at radius 2 is 2.00 bits per heavy atom. The maximum absolute atomic E-state index is 12.6.